The van der Waals surface area contributed by atoms with E-state index < -0.39 is 0 Å². The minimum Gasteiger partial charge on any atom is -0.379 e. The fourth-order valence-corrected chi connectivity index (χ4v) is 5.55. The number of hydrogen-bond acceptors (Lipinski definition) is 2. The normalized spacial score (nSPS) is 23.0. The fraction of sp³-hybridized carbons (Fsp3) is 0.400. The first-order valence-electron chi connectivity index (χ1n) is 10.5. The van der Waals surface area contributed by atoms with E-state index in [0.29, 0.717) is 0 Å². The third-order valence-electron chi connectivity index (χ3n) is 6.80. The zero-order valence-corrected chi connectivity index (χ0v) is 16.2. The molecule has 0 amide bonds. The summed E-state index contributed by atoms with van der Waals surface area (Å²) in [5, 5.41) is 3.76. The summed E-state index contributed by atoms with van der Waals surface area (Å²) >= 11 is 0. The molecule has 0 fully saturated rings. The van der Waals surface area contributed by atoms with E-state index >= 15 is 0 Å². The lowest BCUT2D eigenvalue weighted by Crippen LogP contribution is -2.24. The molecule has 3 aliphatic rings. The van der Waals surface area contributed by atoms with Gasteiger partial charge in [0.1, 0.15) is 0 Å². The molecule has 5 rings (SSSR count). The molecule has 138 valence electrons. The van der Waals surface area contributed by atoms with Gasteiger partial charge in [0, 0.05) is 16.8 Å². The molecule has 0 radical (unpaired) electrons. The lowest BCUT2D eigenvalue weighted by molar-refractivity contribution is 0.481. The number of anilines is 1. The highest BCUT2D eigenvalue weighted by atomic mass is 14.9. The van der Waals surface area contributed by atoms with Gasteiger partial charge in [0.2, 0.25) is 0 Å². The summed E-state index contributed by atoms with van der Waals surface area (Å²) in [7, 11) is 0. The highest BCUT2D eigenvalue weighted by molar-refractivity contribution is 5.65. The number of rotatable bonds is 4. The number of fused-ring (bicyclic) bond motifs is 3. The highest BCUT2D eigenvalue weighted by Crippen LogP contribution is 2.57. The summed E-state index contributed by atoms with van der Waals surface area (Å²) in [6.07, 6.45) is 13.3. The van der Waals surface area contributed by atoms with Gasteiger partial charge in [-0.25, -0.2) is 0 Å². The van der Waals surface area contributed by atoms with E-state index in [1.54, 1.807) is 22.3 Å². The SMILES string of the molecule is CCc1cccc(CNc2cccc3c2[C@]2(CCC4=C2CCC=C4)CC3)n1. The van der Waals surface area contributed by atoms with Gasteiger partial charge in [0.05, 0.1) is 12.2 Å². The fourth-order valence-electron chi connectivity index (χ4n) is 5.55. The van der Waals surface area contributed by atoms with Gasteiger partial charge in [-0.3, -0.25) is 4.98 Å². The van der Waals surface area contributed by atoms with E-state index in [9.17, 15) is 0 Å². The maximum atomic E-state index is 4.77. The lowest BCUT2D eigenvalue weighted by Gasteiger charge is -2.32. The minimum absolute atomic E-state index is 0.289. The van der Waals surface area contributed by atoms with Crippen molar-refractivity contribution in [3.05, 3.63) is 82.2 Å². The summed E-state index contributed by atoms with van der Waals surface area (Å²) in [6, 6.07) is 13.2. The Morgan fingerprint density at radius 3 is 2.78 bits per heavy atom. The smallest absolute Gasteiger partial charge is 0.0598 e. The van der Waals surface area contributed by atoms with E-state index in [4.69, 9.17) is 4.98 Å². The number of nitrogens with one attached hydrogen (secondary N) is 1. The minimum atomic E-state index is 0.289. The Balaban J connectivity index is 1.49. The Hall–Kier alpha value is -2.35. The monoisotopic (exact) mass is 356 g/mol. The van der Waals surface area contributed by atoms with Crippen molar-refractivity contribution in [1.82, 2.24) is 4.98 Å². The summed E-state index contributed by atoms with van der Waals surface area (Å²) in [6.45, 7) is 2.96. The second-order valence-electron chi connectivity index (χ2n) is 8.19. The summed E-state index contributed by atoms with van der Waals surface area (Å²) < 4.78 is 0. The Kier molecular flexibility index (Phi) is 4.15. The number of benzene rings is 1. The maximum absolute atomic E-state index is 4.77. The number of pyridine rings is 1. The second kappa shape index (κ2) is 6.67. The number of nitrogens with zero attached hydrogens (tertiary/aromatic N) is 1. The molecule has 3 aliphatic carbocycles. The van der Waals surface area contributed by atoms with E-state index in [0.717, 1.165) is 18.7 Å². The van der Waals surface area contributed by atoms with Crippen LogP contribution in [0.3, 0.4) is 0 Å². The predicted molar refractivity (Wildman–Crippen MR) is 112 cm³/mol. The lowest BCUT2D eigenvalue weighted by atomic mass is 9.73. The molecule has 1 aromatic heterocycles. The van der Waals surface area contributed by atoms with Crippen molar-refractivity contribution in [2.45, 2.75) is 63.8 Å². The average Bonchev–Trinajstić information content (AvgIpc) is 3.30. The van der Waals surface area contributed by atoms with Crippen LogP contribution in [-0.2, 0) is 24.8 Å². The van der Waals surface area contributed by atoms with Crippen molar-refractivity contribution < 1.29 is 0 Å². The molecule has 0 saturated carbocycles. The predicted octanol–water partition coefficient (Wildman–Crippen LogP) is 5.88. The first-order valence-corrected chi connectivity index (χ1v) is 10.5. The van der Waals surface area contributed by atoms with Crippen molar-refractivity contribution in [3.63, 3.8) is 0 Å². The topological polar surface area (TPSA) is 24.9 Å². The quantitative estimate of drug-likeness (QED) is 0.740. The molecule has 0 saturated heterocycles. The van der Waals surface area contributed by atoms with Crippen molar-refractivity contribution in [2.24, 2.45) is 0 Å². The molecule has 2 nitrogen and oxygen atoms in total. The molecule has 0 unspecified atom stereocenters. The molecule has 0 bridgehead atoms. The number of allylic oxidation sites excluding steroid dienone is 4. The maximum Gasteiger partial charge on any atom is 0.0598 e. The third-order valence-corrected chi connectivity index (χ3v) is 6.80. The standard InChI is InChI=1S/C25H28N2/c1-2-20-9-6-10-21(27-20)17-26-23-12-5-8-19-14-16-25(24(19)23)15-13-18-7-3-4-11-22(18)25/h3,5-10,12,26H,2,4,11,13-17H2,1H3/t25-/m1/s1. The van der Waals surface area contributed by atoms with E-state index in [-0.39, 0.29) is 5.41 Å². The van der Waals surface area contributed by atoms with Crippen molar-refractivity contribution in [3.8, 4) is 0 Å². The largest absolute Gasteiger partial charge is 0.379 e. The molecule has 0 aliphatic heterocycles. The first kappa shape index (κ1) is 16.8. The third kappa shape index (κ3) is 2.74. The zero-order chi connectivity index (χ0) is 18.3. The number of hydrogen-bond donors (Lipinski definition) is 1. The summed E-state index contributed by atoms with van der Waals surface area (Å²) in [5.74, 6) is 0. The highest BCUT2D eigenvalue weighted by Gasteiger charge is 2.47. The van der Waals surface area contributed by atoms with Gasteiger partial charge in [-0.2, -0.15) is 0 Å². The van der Waals surface area contributed by atoms with Crippen LogP contribution in [0.1, 0.15) is 61.5 Å². The van der Waals surface area contributed by atoms with Gasteiger partial charge in [-0.1, -0.05) is 42.8 Å². The van der Waals surface area contributed by atoms with Crippen LogP contribution in [0, 0.1) is 0 Å². The molecule has 2 heteroatoms. The summed E-state index contributed by atoms with van der Waals surface area (Å²) in [4.78, 5) is 4.77. The van der Waals surface area contributed by atoms with E-state index in [1.165, 1.54) is 49.9 Å². The van der Waals surface area contributed by atoms with E-state index in [2.05, 4.69) is 60.8 Å². The molecule has 1 atom stereocenters. The molecular formula is C25H28N2. The van der Waals surface area contributed by atoms with Gasteiger partial charge in [-0.15, -0.1) is 0 Å². The van der Waals surface area contributed by atoms with Crippen LogP contribution < -0.4 is 5.32 Å². The molecule has 1 heterocycles. The first-order chi connectivity index (χ1) is 13.3. The van der Waals surface area contributed by atoms with Crippen LogP contribution in [0.2, 0.25) is 0 Å². The van der Waals surface area contributed by atoms with Crippen molar-refractivity contribution in [1.29, 1.82) is 0 Å². The molecule has 1 aromatic carbocycles. The van der Waals surface area contributed by atoms with Gasteiger partial charge < -0.3 is 5.32 Å². The van der Waals surface area contributed by atoms with Gasteiger partial charge in [-0.05, 0) is 79.8 Å². The molecule has 2 aromatic rings. The molecular weight excluding hydrogens is 328 g/mol. The number of aryl methyl sites for hydroxylation is 2. The zero-order valence-electron chi connectivity index (χ0n) is 16.2. The van der Waals surface area contributed by atoms with Crippen molar-refractivity contribution >= 4 is 5.69 Å². The summed E-state index contributed by atoms with van der Waals surface area (Å²) in [5.41, 5.74) is 10.4. The molecule has 27 heavy (non-hydrogen) atoms. The Labute approximate surface area is 162 Å². The second-order valence-corrected chi connectivity index (χ2v) is 8.19. The Bertz CT molecular complexity index is 937. The van der Waals surface area contributed by atoms with Crippen LogP contribution in [-0.4, -0.2) is 4.98 Å². The Morgan fingerprint density at radius 1 is 1.00 bits per heavy atom. The van der Waals surface area contributed by atoms with Crippen molar-refractivity contribution in [2.75, 3.05) is 5.32 Å². The van der Waals surface area contributed by atoms with Crippen LogP contribution in [0.15, 0.2) is 59.7 Å². The van der Waals surface area contributed by atoms with Gasteiger partial charge >= 0.3 is 0 Å². The van der Waals surface area contributed by atoms with Gasteiger partial charge in [0.25, 0.3) is 0 Å². The van der Waals surface area contributed by atoms with Crippen LogP contribution >= 0.6 is 0 Å². The molecule has 1 N–H and O–H groups in total. The van der Waals surface area contributed by atoms with Crippen LogP contribution in [0.5, 0.6) is 0 Å². The van der Waals surface area contributed by atoms with Crippen LogP contribution in [0.25, 0.3) is 0 Å². The molecule has 1 spiro atoms. The Morgan fingerprint density at radius 2 is 1.85 bits per heavy atom. The van der Waals surface area contributed by atoms with Crippen LogP contribution in [0.4, 0.5) is 5.69 Å². The average molecular weight is 357 g/mol. The van der Waals surface area contributed by atoms with E-state index in [1.807, 2.05) is 0 Å². The van der Waals surface area contributed by atoms with Gasteiger partial charge in [0.15, 0.2) is 0 Å². The number of aromatic nitrogens is 1.